The van der Waals surface area contributed by atoms with Crippen molar-refractivity contribution in [2.45, 2.75) is 50.6 Å². The van der Waals surface area contributed by atoms with Gasteiger partial charge in [0, 0.05) is 5.41 Å². The van der Waals surface area contributed by atoms with E-state index < -0.39 is 12.1 Å². The first-order valence-electron chi connectivity index (χ1n) is 6.37. The predicted molar refractivity (Wildman–Crippen MR) is 53.7 cm³/mol. The van der Waals surface area contributed by atoms with Crippen LogP contribution in [0.4, 0.5) is 0 Å². The highest BCUT2D eigenvalue weighted by Crippen LogP contribution is 2.64. The van der Waals surface area contributed by atoms with Crippen LogP contribution in [0.1, 0.15) is 38.5 Å². The van der Waals surface area contributed by atoms with E-state index in [1.807, 2.05) is 0 Å². The van der Waals surface area contributed by atoms with Crippen molar-refractivity contribution < 1.29 is 20.0 Å². The van der Waals surface area contributed by atoms with Crippen molar-refractivity contribution in [1.82, 2.24) is 0 Å². The highest BCUT2D eigenvalue weighted by molar-refractivity contribution is 5.06. The lowest BCUT2D eigenvalue weighted by atomic mass is 9.48. The van der Waals surface area contributed by atoms with E-state index in [0.717, 1.165) is 37.0 Å². The first-order chi connectivity index (χ1) is 7.57. The van der Waals surface area contributed by atoms with Gasteiger partial charge in [-0.05, 0) is 56.3 Å². The summed E-state index contributed by atoms with van der Waals surface area (Å²) >= 11 is 0. The van der Waals surface area contributed by atoms with Gasteiger partial charge in [0.2, 0.25) is 0 Å². The van der Waals surface area contributed by atoms with Crippen molar-refractivity contribution in [2.24, 2.45) is 23.2 Å². The number of rotatable bonds is 1. The maximum atomic E-state index is 9.64. The second-order valence-electron chi connectivity index (χ2n) is 6.50. The fourth-order valence-corrected chi connectivity index (χ4v) is 5.18. The number of aliphatic hydroxyl groups is 2. The molecule has 1 unspecified atom stereocenters. The molecule has 0 aromatic rings. The third-order valence-corrected chi connectivity index (χ3v) is 5.25. The minimum absolute atomic E-state index is 0.0174. The summed E-state index contributed by atoms with van der Waals surface area (Å²) in [6, 6.07) is 0. The molecule has 1 aliphatic heterocycles. The highest BCUT2D eigenvalue weighted by atomic mass is 17.3. The molecular formula is C12H18O4. The van der Waals surface area contributed by atoms with Gasteiger partial charge in [0.15, 0.2) is 6.10 Å². The van der Waals surface area contributed by atoms with Crippen LogP contribution in [0.3, 0.4) is 0 Å². The van der Waals surface area contributed by atoms with Crippen LogP contribution in [-0.4, -0.2) is 22.3 Å². The van der Waals surface area contributed by atoms with Gasteiger partial charge in [-0.15, -0.1) is 0 Å². The zero-order valence-electron chi connectivity index (χ0n) is 9.26. The van der Waals surface area contributed by atoms with E-state index in [-0.39, 0.29) is 5.41 Å². The number of hydrogen-bond acceptors (Lipinski definition) is 4. The lowest BCUT2D eigenvalue weighted by molar-refractivity contribution is -0.642. The van der Waals surface area contributed by atoms with E-state index in [1.54, 1.807) is 0 Å². The maximum Gasteiger partial charge on any atom is 0.338 e. The van der Waals surface area contributed by atoms with Gasteiger partial charge < -0.3 is 10.2 Å². The molecule has 5 aliphatic rings. The second-order valence-corrected chi connectivity index (χ2v) is 6.50. The molecule has 0 aromatic carbocycles. The Balaban J connectivity index is 1.67. The molecule has 0 radical (unpaired) electrons. The Morgan fingerprint density at radius 1 is 0.875 bits per heavy atom. The summed E-state index contributed by atoms with van der Waals surface area (Å²) < 4.78 is 0. The van der Waals surface area contributed by atoms with Crippen LogP contribution in [0.5, 0.6) is 0 Å². The molecule has 4 heteroatoms. The molecule has 16 heavy (non-hydrogen) atoms. The lowest BCUT2D eigenvalue weighted by Crippen LogP contribution is -2.67. The molecule has 5 fully saturated rings. The van der Waals surface area contributed by atoms with E-state index in [4.69, 9.17) is 4.89 Å². The van der Waals surface area contributed by atoms with E-state index in [1.165, 1.54) is 19.3 Å². The molecule has 1 saturated heterocycles. The first-order valence-corrected chi connectivity index (χ1v) is 6.37. The highest BCUT2D eigenvalue weighted by Gasteiger charge is 2.65. The van der Waals surface area contributed by atoms with Crippen molar-refractivity contribution in [3.05, 3.63) is 0 Å². The Kier molecular flexibility index (Phi) is 1.72. The van der Waals surface area contributed by atoms with Gasteiger partial charge >= 0.3 is 5.97 Å². The molecule has 4 saturated carbocycles. The summed E-state index contributed by atoms with van der Waals surface area (Å²) in [4.78, 5) is 9.46. The molecule has 0 aromatic heterocycles. The fourth-order valence-electron chi connectivity index (χ4n) is 5.18. The Bertz CT molecular complexity index is 290. The van der Waals surface area contributed by atoms with Crippen LogP contribution in [0, 0.1) is 23.2 Å². The predicted octanol–water partition coefficient (Wildman–Crippen LogP) is 1.17. The second kappa shape index (κ2) is 2.80. The summed E-state index contributed by atoms with van der Waals surface area (Å²) in [5.41, 5.74) is -0.0174. The van der Waals surface area contributed by atoms with Crippen molar-refractivity contribution >= 4 is 0 Å². The van der Waals surface area contributed by atoms with Crippen molar-refractivity contribution in [1.29, 1.82) is 0 Å². The van der Waals surface area contributed by atoms with Gasteiger partial charge in [-0.1, -0.05) is 0 Å². The van der Waals surface area contributed by atoms with Crippen molar-refractivity contribution in [3.8, 4) is 0 Å². The largest absolute Gasteiger partial charge is 0.339 e. The zero-order chi connectivity index (χ0) is 11.0. The molecule has 0 spiro atoms. The van der Waals surface area contributed by atoms with E-state index in [9.17, 15) is 10.2 Å². The zero-order valence-corrected chi connectivity index (χ0v) is 9.26. The summed E-state index contributed by atoms with van der Waals surface area (Å²) in [6.07, 6.45) is 6.79. The third-order valence-electron chi connectivity index (χ3n) is 5.25. The van der Waals surface area contributed by atoms with E-state index >= 15 is 0 Å². The quantitative estimate of drug-likeness (QED) is 0.520. The molecule has 0 amide bonds. The monoisotopic (exact) mass is 226 g/mol. The summed E-state index contributed by atoms with van der Waals surface area (Å²) in [5.74, 6) is 0.315. The normalized spacial score (nSPS) is 57.4. The summed E-state index contributed by atoms with van der Waals surface area (Å²) in [5, 5.41) is 19.3. The maximum absolute atomic E-state index is 9.64. The molecule has 5 rings (SSSR count). The molecule has 90 valence electrons. The number of hydrogen-bond donors (Lipinski definition) is 2. The average Bonchev–Trinajstić information content (AvgIpc) is 2.12. The van der Waals surface area contributed by atoms with Gasteiger partial charge in [0.1, 0.15) is 0 Å². The van der Waals surface area contributed by atoms with Gasteiger partial charge in [-0.25, -0.2) is 4.89 Å². The molecular weight excluding hydrogens is 208 g/mol. The minimum atomic E-state index is -2.04. The van der Waals surface area contributed by atoms with Crippen LogP contribution >= 0.6 is 0 Å². The molecule has 2 N–H and O–H groups in total. The smallest absolute Gasteiger partial charge is 0.338 e. The van der Waals surface area contributed by atoms with Crippen LogP contribution in [-0.2, 0) is 9.78 Å². The van der Waals surface area contributed by atoms with Gasteiger partial charge in [-0.3, -0.25) is 0 Å². The molecule has 1 heterocycles. The molecule has 1 atom stereocenters. The van der Waals surface area contributed by atoms with E-state index in [2.05, 4.69) is 4.89 Å². The third kappa shape index (κ3) is 1.13. The van der Waals surface area contributed by atoms with Crippen molar-refractivity contribution in [2.75, 3.05) is 0 Å². The topological polar surface area (TPSA) is 58.9 Å². The lowest BCUT2D eigenvalue weighted by Gasteiger charge is -2.61. The Hall–Kier alpha value is -0.160. The van der Waals surface area contributed by atoms with Gasteiger partial charge in [0.25, 0.3) is 0 Å². The summed E-state index contributed by atoms with van der Waals surface area (Å²) in [6.45, 7) is 0. The van der Waals surface area contributed by atoms with Gasteiger partial charge in [-0.2, -0.15) is 4.89 Å². The fraction of sp³-hybridized carbons (Fsp3) is 1.00. The van der Waals surface area contributed by atoms with Crippen LogP contribution in [0.2, 0.25) is 0 Å². The molecule has 4 nitrogen and oxygen atoms in total. The van der Waals surface area contributed by atoms with E-state index in [0.29, 0.717) is 0 Å². The first kappa shape index (κ1) is 9.83. The molecule has 4 aliphatic carbocycles. The average molecular weight is 226 g/mol. The molecule has 4 bridgehead atoms. The Morgan fingerprint density at radius 3 is 1.69 bits per heavy atom. The van der Waals surface area contributed by atoms with Gasteiger partial charge in [0.05, 0.1) is 0 Å². The van der Waals surface area contributed by atoms with Crippen molar-refractivity contribution in [3.63, 3.8) is 0 Å². The Morgan fingerprint density at radius 2 is 1.38 bits per heavy atom. The summed E-state index contributed by atoms with van der Waals surface area (Å²) in [7, 11) is 0. The van der Waals surface area contributed by atoms with Crippen LogP contribution in [0.15, 0.2) is 0 Å². The SMILES string of the molecule is OC1(O)OOC1C12CC3CC(CC(C3)C1)C2. The van der Waals surface area contributed by atoms with Crippen LogP contribution in [0.25, 0.3) is 0 Å². The minimum Gasteiger partial charge on any atom is -0.339 e. The standard InChI is InChI=1S/C12H18O4/c13-12(14)10(15-16-12)11-4-7-1-8(5-11)3-9(2-7)6-11/h7-10,13-14H,1-6H2. The van der Waals surface area contributed by atoms with Crippen LogP contribution < -0.4 is 0 Å². The Labute approximate surface area is 94.5 Å².